The van der Waals surface area contributed by atoms with Crippen LogP contribution in [0.2, 0.25) is 0 Å². The first-order valence-electron chi connectivity index (χ1n) is 11.7. The van der Waals surface area contributed by atoms with E-state index in [2.05, 4.69) is 10.2 Å². The maximum Gasteiger partial charge on any atom is 0.230 e. The van der Waals surface area contributed by atoms with Gasteiger partial charge in [0.05, 0.1) is 11.2 Å². The Bertz CT molecular complexity index is 1430. The third-order valence-electron chi connectivity index (χ3n) is 6.58. The van der Waals surface area contributed by atoms with Crippen molar-refractivity contribution in [1.82, 2.24) is 10.2 Å². The van der Waals surface area contributed by atoms with Crippen molar-refractivity contribution < 1.29 is 19.0 Å². The number of allylic oxidation sites excluding steroid dienone is 3. The quantitative estimate of drug-likeness (QED) is 0.361. The number of thioether (sulfide) groups is 1. The Labute approximate surface area is 221 Å². The molecule has 0 saturated heterocycles. The molecule has 2 atom stereocenters. The fourth-order valence-electron chi connectivity index (χ4n) is 4.98. The summed E-state index contributed by atoms with van der Waals surface area (Å²) in [5, 5.41) is 38.3. The number of halogens is 2. The normalized spacial score (nSPS) is 23.3. The molecule has 0 spiro atoms. The minimum Gasteiger partial charge on any atom is -0.512 e. The first-order chi connectivity index (χ1) is 17.8. The van der Waals surface area contributed by atoms with Gasteiger partial charge in [0.1, 0.15) is 32.3 Å². The van der Waals surface area contributed by atoms with Crippen molar-refractivity contribution in [2.45, 2.75) is 36.5 Å². The van der Waals surface area contributed by atoms with E-state index in [-0.39, 0.29) is 28.5 Å². The lowest BCUT2D eigenvalue weighted by molar-refractivity contribution is 0.275. The zero-order valence-corrected chi connectivity index (χ0v) is 21.6. The molecular formula is C26H25F2N5O2S2. The van der Waals surface area contributed by atoms with Crippen LogP contribution in [0.1, 0.15) is 35.4 Å². The third kappa shape index (κ3) is 4.30. The number of aryl methyl sites for hydroxylation is 1. The number of aromatic nitrogens is 2. The number of hydrogen-bond acceptors (Lipinski definition) is 9. The third-order valence-corrected chi connectivity index (χ3v) is 8.97. The summed E-state index contributed by atoms with van der Waals surface area (Å²) in [6, 6.07) is 10.2. The molecule has 3 aromatic rings. The molecule has 37 heavy (non-hydrogen) atoms. The van der Waals surface area contributed by atoms with E-state index in [1.165, 1.54) is 23.1 Å². The molecule has 5 rings (SSSR count). The average Bonchev–Trinajstić information content (AvgIpc) is 3.49. The van der Waals surface area contributed by atoms with Crippen LogP contribution >= 0.6 is 23.1 Å². The number of hydrazone groups is 1. The second-order valence-electron chi connectivity index (χ2n) is 8.91. The lowest BCUT2D eigenvalue weighted by Gasteiger charge is -2.50. The Morgan fingerprint density at radius 1 is 1.14 bits per heavy atom. The Morgan fingerprint density at radius 3 is 2.65 bits per heavy atom. The van der Waals surface area contributed by atoms with Crippen LogP contribution < -0.4 is 10.7 Å². The first-order valence-corrected chi connectivity index (χ1v) is 13.3. The highest BCUT2D eigenvalue weighted by atomic mass is 32.2. The number of aliphatic hydroxyl groups excluding tert-OH is 1. The second kappa shape index (κ2) is 9.88. The minimum atomic E-state index is -1.08. The molecule has 1 aliphatic carbocycles. The Hall–Kier alpha value is -3.28. The molecule has 0 amide bonds. The van der Waals surface area contributed by atoms with Gasteiger partial charge in [-0.1, -0.05) is 53.4 Å². The molecule has 2 unspecified atom stereocenters. The van der Waals surface area contributed by atoms with Gasteiger partial charge in [-0.3, -0.25) is 0 Å². The lowest BCUT2D eigenvalue weighted by atomic mass is 9.67. The SMILES string of the molecule is Cc1nnc(N2N=C(c3cc(F)ccc3F)SC2(CCCN)C2(c3ccccc3O)C=CC=C(O)C2)s1. The van der Waals surface area contributed by atoms with E-state index >= 15 is 4.39 Å². The molecule has 0 radical (unpaired) electrons. The summed E-state index contributed by atoms with van der Waals surface area (Å²) in [6.07, 6.45) is 6.35. The lowest BCUT2D eigenvalue weighted by Crippen LogP contribution is -2.57. The van der Waals surface area contributed by atoms with Gasteiger partial charge in [-0.15, -0.1) is 10.2 Å². The highest BCUT2D eigenvalue weighted by Gasteiger charge is 2.61. The van der Waals surface area contributed by atoms with Crippen molar-refractivity contribution in [3.8, 4) is 5.75 Å². The minimum absolute atomic E-state index is 0.0119. The summed E-state index contributed by atoms with van der Waals surface area (Å²) in [4.78, 5) is -1.08. The van der Waals surface area contributed by atoms with Crippen LogP contribution in [0, 0.1) is 18.6 Å². The summed E-state index contributed by atoms with van der Waals surface area (Å²) in [5.41, 5.74) is 5.49. The molecule has 0 saturated carbocycles. The predicted molar refractivity (Wildman–Crippen MR) is 143 cm³/mol. The molecule has 4 N–H and O–H groups in total. The topological polar surface area (TPSA) is 108 Å². The van der Waals surface area contributed by atoms with E-state index in [9.17, 15) is 14.6 Å². The van der Waals surface area contributed by atoms with Crippen LogP contribution in [-0.4, -0.2) is 36.9 Å². The molecule has 2 aliphatic rings. The number of aromatic hydroxyl groups is 1. The molecule has 2 heterocycles. The van der Waals surface area contributed by atoms with Gasteiger partial charge in [0, 0.05) is 17.5 Å². The van der Waals surface area contributed by atoms with E-state index in [1.807, 2.05) is 19.1 Å². The van der Waals surface area contributed by atoms with Crippen LogP contribution in [-0.2, 0) is 5.41 Å². The average molecular weight is 542 g/mol. The molecule has 11 heteroatoms. The maximum atomic E-state index is 15.0. The summed E-state index contributed by atoms with van der Waals surface area (Å²) < 4.78 is 29.3. The van der Waals surface area contributed by atoms with Crippen LogP contribution in [0.4, 0.5) is 13.9 Å². The first kappa shape index (κ1) is 25.4. The summed E-state index contributed by atoms with van der Waals surface area (Å²) in [6.45, 7) is 2.17. The van der Waals surface area contributed by atoms with Crippen molar-refractivity contribution >= 4 is 33.3 Å². The van der Waals surface area contributed by atoms with E-state index < -0.39 is 21.9 Å². The van der Waals surface area contributed by atoms with Gasteiger partial charge in [-0.05, 0) is 56.7 Å². The van der Waals surface area contributed by atoms with Gasteiger partial charge in [0.2, 0.25) is 5.13 Å². The molecule has 7 nitrogen and oxygen atoms in total. The number of anilines is 1. The number of benzene rings is 2. The molecule has 1 aliphatic heterocycles. The zero-order valence-electron chi connectivity index (χ0n) is 19.9. The summed E-state index contributed by atoms with van der Waals surface area (Å²) in [7, 11) is 0. The van der Waals surface area contributed by atoms with Gasteiger partial charge in [-0.2, -0.15) is 5.10 Å². The number of nitrogens with two attached hydrogens (primary N) is 1. The Morgan fingerprint density at radius 2 is 1.95 bits per heavy atom. The van der Waals surface area contributed by atoms with Crippen LogP contribution in [0.5, 0.6) is 5.75 Å². The number of para-hydroxylation sites is 1. The molecular weight excluding hydrogens is 516 g/mol. The second-order valence-corrected chi connectivity index (χ2v) is 11.3. The molecule has 0 fully saturated rings. The molecule has 2 aromatic carbocycles. The van der Waals surface area contributed by atoms with Crippen LogP contribution in [0.25, 0.3) is 0 Å². The molecule has 0 bridgehead atoms. The van der Waals surface area contributed by atoms with E-state index in [4.69, 9.17) is 10.8 Å². The van der Waals surface area contributed by atoms with Crippen molar-refractivity contribution in [3.63, 3.8) is 0 Å². The number of rotatable bonds is 7. The fraction of sp³-hybridized carbons (Fsp3) is 0.269. The molecule has 192 valence electrons. The Balaban J connectivity index is 1.80. The largest absolute Gasteiger partial charge is 0.512 e. The maximum absolute atomic E-state index is 15.0. The predicted octanol–water partition coefficient (Wildman–Crippen LogP) is 5.52. The number of nitrogens with zero attached hydrogens (tertiary/aromatic N) is 4. The van der Waals surface area contributed by atoms with Gasteiger partial charge in [0.15, 0.2) is 0 Å². The number of phenolic OH excluding ortho intramolecular Hbond substituents is 1. The van der Waals surface area contributed by atoms with Gasteiger partial charge in [0.25, 0.3) is 0 Å². The fourth-order valence-corrected chi connectivity index (χ4v) is 7.35. The standard InChI is InChI=1S/C26H25F2N5O2S2/c1-16-30-31-24(36-16)33-26(12-5-13-29,37-23(32-33)19-14-17(27)9-10-21(19)28)25(11-4-6-18(34)15-25)20-7-2-3-8-22(20)35/h2-4,6-11,14,34-35H,5,12-13,15,29H2,1H3. The number of aliphatic hydroxyl groups is 1. The highest BCUT2D eigenvalue weighted by Crippen LogP contribution is 2.60. The van der Waals surface area contributed by atoms with Crippen molar-refractivity contribution in [2.24, 2.45) is 10.8 Å². The number of hydrogen-bond donors (Lipinski definition) is 3. The molecule has 1 aromatic heterocycles. The van der Waals surface area contributed by atoms with Crippen LogP contribution in [0.3, 0.4) is 0 Å². The Kier molecular flexibility index (Phi) is 6.78. The van der Waals surface area contributed by atoms with Gasteiger partial charge >= 0.3 is 0 Å². The zero-order chi connectivity index (χ0) is 26.2. The smallest absolute Gasteiger partial charge is 0.230 e. The van der Waals surface area contributed by atoms with E-state index in [1.54, 1.807) is 35.4 Å². The van der Waals surface area contributed by atoms with Crippen molar-refractivity contribution in [3.05, 3.63) is 94.2 Å². The monoisotopic (exact) mass is 541 g/mol. The van der Waals surface area contributed by atoms with Gasteiger partial charge in [-0.25, -0.2) is 13.8 Å². The van der Waals surface area contributed by atoms with Gasteiger partial charge < -0.3 is 15.9 Å². The summed E-state index contributed by atoms with van der Waals surface area (Å²) >= 11 is 2.56. The summed E-state index contributed by atoms with van der Waals surface area (Å²) in [5.74, 6) is -1.06. The van der Waals surface area contributed by atoms with Crippen molar-refractivity contribution in [1.29, 1.82) is 0 Å². The van der Waals surface area contributed by atoms with Crippen molar-refractivity contribution in [2.75, 3.05) is 11.6 Å². The van der Waals surface area contributed by atoms with E-state index in [0.717, 1.165) is 18.2 Å². The highest BCUT2D eigenvalue weighted by molar-refractivity contribution is 8.16. The number of phenols is 1. The van der Waals surface area contributed by atoms with E-state index in [0.29, 0.717) is 35.1 Å². The van der Waals surface area contributed by atoms with Crippen LogP contribution in [0.15, 0.2) is 71.6 Å².